The highest BCUT2D eigenvalue weighted by atomic mass is 16.6. The summed E-state index contributed by atoms with van der Waals surface area (Å²) in [5, 5.41) is 0. The second kappa shape index (κ2) is 10.9. The number of cyclic esters (lactones) is 1. The van der Waals surface area contributed by atoms with Crippen molar-refractivity contribution in [1.82, 2.24) is 9.88 Å². The molecule has 2 aliphatic rings. The Morgan fingerprint density at radius 3 is 2.44 bits per heavy atom. The number of nitrogens with zero attached hydrogens (tertiary/aromatic N) is 2. The molecule has 3 atom stereocenters. The number of carbonyl (C=O) groups is 1. The van der Waals surface area contributed by atoms with Gasteiger partial charge in [0.05, 0.1) is 25.3 Å². The quantitative estimate of drug-likeness (QED) is 0.263. The molecule has 1 aromatic heterocycles. The van der Waals surface area contributed by atoms with Crippen molar-refractivity contribution in [3.8, 4) is 23.0 Å². The van der Waals surface area contributed by atoms with E-state index in [1.807, 2.05) is 61.5 Å². The van der Waals surface area contributed by atoms with E-state index in [2.05, 4.69) is 34.1 Å². The van der Waals surface area contributed by atoms with Crippen molar-refractivity contribution in [2.24, 2.45) is 11.8 Å². The summed E-state index contributed by atoms with van der Waals surface area (Å²) in [6.45, 7) is 4.85. The minimum Gasteiger partial charge on any atom is -0.497 e. The minimum atomic E-state index is -0.216. The molecule has 0 bridgehead atoms. The summed E-state index contributed by atoms with van der Waals surface area (Å²) >= 11 is 0. The number of aromatic nitrogens is 1. The Balaban J connectivity index is 1.04. The third-order valence-electron chi connectivity index (χ3n) is 7.67. The van der Waals surface area contributed by atoms with Gasteiger partial charge in [0.25, 0.3) is 0 Å². The smallest absolute Gasteiger partial charge is 0.311 e. The van der Waals surface area contributed by atoms with Crippen molar-refractivity contribution < 1.29 is 23.4 Å². The Morgan fingerprint density at radius 2 is 1.69 bits per heavy atom. The lowest BCUT2D eigenvalue weighted by molar-refractivity contribution is -0.145. The molecule has 2 saturated heterocycles. The first-order chi connectivity index (χ1) is 19.1. The van der Waals surface area contributed by atoms with Crippen molar-refractivity contribution in [3.05, 3.63) is 101 Å². The first-order valence-electron chi connectivity index (χ1n) is 13.4. The summed E-state index contributed by atoms with van der Waals surface area (Å²) in [6.07, 6.45) is 0.417. The van der Waals surface area contributed by atoms with Crippen LogP contribution in [0.15, 0.2) is 83.3 Å². The normalized spacial score (nSPS) is 20.6. The molecule has 39 heavy (non-hydrogen) atoms. The fraction of sp³-hybridized carbons (Fsp3) is 0.312. The monoisotopic (exact) mass is 524 g/mol. The van der Waals surface area contributed by atoms with Crippen LogP contribution in [0.3, 0.4) is 0 Å². The maximum absolute atomic E-state index is 12.6. The molecule has 3 heterocycles. The van der Waals surface area contributed by atoms with Gasteiger partial charge in [-0.25, -0.2) is 4.98 Å². The van der Waals surface area contributed by atoms with Crippen LogP contribution in [0.2, 0.25) is 0 Å². The van der Waals surface area contributed by atoms with Crippen molar-refractivity contribution in [1.29, 1.82) is 0 Å². The summed E-state index contributed by atoms with van der Waals surface area (Å²) in [4.78, 5) is 19.7. The summed E-state index contributed by atoms with van der Waals surface area (Å²) in [7, 11) is 1.64. The lowest BCUT2D eigenvalue weighted by atomic mass is 9.90. The highest BCUT2D eigenvalue weighted by Gasteiger charge is 2.50. The van der Waals surface area contributed by atoms with Gasteiger partial charge in [-0.15, -0.1) is 0 Å². The zero-order valence-corrected chi connectivity index (χ0v) is 22.2. The van der Waals surface area contributed by atoms with Crippen molar-refractivity contribution in [3.63, 3.8) is 0 Å². The maximum atomic E-state index is 12.6. The predicted octanol–water partition coefficient (Wildman–Crippen LogP) is 5.63. The van der Waals surface area contributed by atoms with Gasteiger partial charge in [-0.3, -0.25) is 9.69 Å². The van der Waals surface area contributed by atoms with E-state index in [0.717, 1.165) is 53.7 Å². The summed E-state index contributed by atoms with van der Waals surface area (Å²) < 4.78 is 22.9. The van der Waals surface area contributed by atoms with Crippen LogP contribution in [0, 0.1) is 18.8 Å². The van der Waals surface area contributed by atoms with Gasteiger partial charge in [-0.05, 0) is 54.4 Å². The zero-order chi connectivity index (χ0) is 26.8. The van der Waals surface area contributed by atoms with Crippen LogP contribution in [-0.2, 0) is 22.5 Å². The van der Waals surface area contributed by atoms with Crippen LogP contribution in [0.1, 0.15) is 28.7 Å². The number of hydrogen-bond donors (Lipinski definition) is 0. The van der Waals surface area contributed by atoms with Crippen LogP contribution in [0.5, 0.6) is 11.5 Å². The van der Waals surface area contributed by atoms with Gasteiger partial charge in [0.15, 0.2) is 0 Å². The molecule has 0 N–H and O–H groups in total. The van der Waals surface area contributed by atoms with Crippen LogP contribution in [0.4, 0.5) is 0 Å². The zero-order valence-electron chi connectivity index (χ0n) is 22.2. The molecular weight excluding hydrogens is 492 g/mol. The molecule has 0 radical (unpaired) electrons. The Morgan fingerprint density at radius 1 is 0.949 bits per heavy atom. The fourth-order valence-corrected chi connectivity index (χ4v) is 5.59. The Hall–Kier alpha value is -4.10. The first kappa shape index (κ1) is 25.2. The van der Waals surface area contributed by atoms with E-state index in [1.165, 1.54) is 5.56 Å². The standard InChI is InChI=1S/C32H32N2O5/c1-21-29(33-31(38-21)24-10-12-25(36-2)13-11-24)16-17-37-26-14-8-23(9-15-26)30-27-19-34(20-28(27)32(35)39-30)18-22-6-4-3-5-7-22/h3-15,27-28,30H,16-20H2,1-2H3/t27-,28+,30+/m0/s1. The van der Waals surface area contributed by atoms with E-state index in [0.29, 0.717) is 18.9 Å². The average Bonchev–Trinajstić information content (AvgIpc) is 3.64. The lowest BCUT2D eigenvalue weighted by Gasteiger charge is -2.20. The van der Waals surface area contributed by atoms with E-state index in [1.54, 1.807) is 7.11 Å². The molecule has 4 aromatic rings. The molecule has 0 spiro atoms. The third-order valence-corrected chi connectivity index (χ3v) is 7.67. The highest BCUT2D eigenvalue weighted by molar-refractivity contribution is 5.76. The summed E-state index contributed by atoms with van der Waals surface area (Å²) in [6, 6.07) is 26.0. The molecule has 3 aromatic carbocycles. The molecule has 200 valence electrons. The number of aryl methyl sites for hydroxylation is 1. The van der Waals surface area contributed by atoms with Crippen LogP contribution in [-0.4, -0.2) is 42.7 Å². The number of methoxy groups -OCH3 is 1. The van der Waals surface area contributed by atoms with Gasteiger partial charge in [-0.2, -0.15) is 0 Å². The van der Waals surface area contributed by atoms with Gasteiger partial charge < -0.3 is 18.6 Å². The molecule has 0 aliphatic carbocycles. The number of oxazole rings is 1. The van der Waals surface area contributed by atoms with Crippen molar-refractivity contribution in [2.45, 2.75) is 26.0 Å². The van der Waals surface area contributed by atoms with Gasteiger partial charge in [0.1, 0.15) is 23.4 Å². The van der Waals surface area contributed by atoms with Crippen LogP contribution in [0.25, 0.3) is 11.5 Å². The second-order valence-corrected chi connectivity index (χ2v) is 10.2. The van der Waals surface area contributed by atoms with Gasteiger partial charge in [0.2, 0.25) is 5.89 Å². The number of esters is 1. The van der Waals surface area contributed by atoms with E-state index in [9.17, 15) is 4.79 Å². The first-order valence-corrected chi connectivity index (χ1v) is 13.4. The number of benzene rings is 3. The Kier molecular flexibility index (Phi) is 7.07. The molecule has 0 unspecified atom stereocenters. The number of likely N-dealkylation sites (tertiary alicyclic amines) is 1. The molecule has 2 aliphatic heterocycles. The predicted molar refractivity (Wildman–Crippen MR) is 146 cm³/mol. The van der Waals surface area contributed by atoms with Crippen molar-refractivity contribution >= 4 is 5.97 Å². The van der Waals surface area contributed by atoms with Crippen molar-refractivity contribution in [2.75, 3.05) is 26.8 Å². The third kappa shape index (κ3) is 5.40. The number of rotatable bonds is 9. The topological polar surface area (TPSA) is 74.0 Å². The second-order valence-electron chi connectivity index (χ2n) is 10.2. The number of hydrogen-bond acceptors (Lipinski definition) is 7. The van der Waals surface area contributed by atoms with Crippen LogP contribution < -0.4 is 9.47 Å². The van der Waals surface area contributed by atoms with E-state index < -0.39 is 0 Å². The average molecular weight is 525 g/mol. The van der Waals surface area contributed by atoms with E-state index >= 15 is 0 Å². The highest BCUT2D eigenvalue weighted by Crippen LogP contribution is 2.44. The van der Waals surface area contributed by atoms with Gasteiger partial charge in [-0.1, -0.05) is 42.5 Å². The maximum Gasteiger partial charge on any atom is 0.311 e. The largest absolute Gasteiger partial charge is 0.497 e. The minimum absolute atomic E-state index is 0.0665. The van der Waals surface area contributed by atoms with Crippen LogP contribution >= 0.6 is 0 Å². The molecule has 6 rings (SSSR count). The van der Waals surface area contributed by atoms with E-state index in [4.69, 9.17) is 18.6 Å². The molecule has 7 heteroatoms. The lowest BCUT2D eigenvalue weighted by Crippen LogP contribution is -2.24. The Bertz CT molecular complexity index is 1420. The van der Waals surface area contributed by atoms with Gasteiger partial charge >= 0.3 is 5.97 Å². The van der Waals surface area contributed by atoms with E-state index in [-0.39, 0.29) is 23.9 Å². The summed E-state index contributed by atoms with van der Waals surface area (Å²) in [5.74, 6) is 2.96. The molecule has 0 amide bonds. The van der Waals surface area contributed by atoms with Gasteiger partial charge in [0, 0.05) is 37.5 Å². The summed E-state index contributed by atoms with van der Waals surface area (Å²) in [5.41, 5.74) is 4.06. The molecule has 7 nitrogen and oxygen atoms in total. The number of fused-ring (bicyclic) bond motifs is 1. The molecular formula is C32H32N2O5. The number of ether oxygens (including phenoxy) is 3. The fourth-order valence-electron chi connectivity index (χ4n) is 5.59. The SMILES string of the molecule is COc1ccc(-c2nc(CCOc3ccc([C@H]4OC(=O)[C@@H]5CN(Cc6ccccc6)C[C@H]45)cc3)c(C)o2)cc1. The molecule has 2 fully saturated rings. The number of carbonyl (C=O) groups excluding carboxylic acids is 1. The Labute approximate surface area is 228 Å². The molecule has 0 saturated carbocycles.